The molecule has 18 heavy (non-hydrogen) atoms. The maximum atomic E-state index is 13.9. The fraction of sp³-hybridized carbons (Fsp3) is 0.364. The predicted molar refractivity (Wildman–Crippen MR) is 64.1 cm³/mol. The Hall–Kier alpha value is -1.26. The van der Waals surface area contributed by atoms with Crippen molar-refractivity contribution in [3.05, 3.63) is 28.0 Å². The number of hydrogen-bond acceptors (Lipinski definition) is 3. The number of hydrogen-bond donors (Lipinski definition) is 1. The lowest BCUT2D eigenvalue weighted by Gasteiger charge is -2.24. The molecule has 1 aromatic rings. The SMILES string of the molecule is N#Cc1ccc(N(CCO)CC(F)F)c(F)c1Br. The van der Waals surface area contributed by atoms with Crippen LogP contribution in [0.1, 0.15) is 5.56 Å². The summed E-state index contributed by atoms with van der Waals surface area (Å²) in [5, 5.41) is 17.5. The van der Waals surface area contributed by atoms with Gasteiger partial charge >= 0.3 is 0 Å². The number of aliphatic hydroxyl groups excluding tert-OH is 1. The molecule has 0 saturated heterocycles. The Kier molecular flexibility index (Phi) is 5.44. The standard InChI is InChI=1S/C11H10BrF3N2O/c12-10-7(5-16)1-2-8(11(10)15)17(3-4-18)6-9(13)14/h1-2,9,18H,3-4,6H2. The van der Waals surface area contributed by atoms with Crippen LogP contribution >= 0.6 is 15.9 Å². The van der Waals surface area contributed by atoms with Gasteiger partial charge in [-0.1, -0.05) is 0 Å². The molecular formula is C11H10BrF3N2O. The first-order valence-electron chi connectivity index (χ1n) is 5.03. The third-order valence-corrected chi connectivity index (χ3v) is 3.03. The molecule has 1 aromatic carbocycles. The third-order valence-electron chi connectivity index (χ3n) is 2.25. The van der Waals surface area contributed by atoms with Crippen molar-refractivity contribution in [2.24, 2.45) is 0 Å². The summed E-state index contributed by atoms with van der Waals surface area (Å²) in [5.41, 5.74) is 0.00692. The molecular weight excluding hydrogens is 313 g/mol. The number of anilines is 1. The molecule has 7 heteroatoms. The molecule has 0 aliphatic carbocycles. The van der Waals surface area contributed by atoms with Gasteiger partial charge in [0.25, 0.3) is 6.43 Å². The van der Waals surface area contributed by atoms with Crippen LogP contribution in [-0.2, 0) is 0 Å². The highest BCUT2D eigenvalue weighted by atomic mass is 79.9. The summed E-state index contributed by atoms with van der Waals surface area (Å²) in [6.07, 6.45) is -2.65. The molecule has 98 valence electrons. The number of benzene rings is 1. The Morgan fingerprint density at radius 1 is 1.44 bits per heavy atom. The zero-order valence-electron chi connectivity index (χ0n) is 9.21. The zero-order chi connectivity index (χ0) is 13.7. The summed E-state index contributed by atoms with van der Waals surface area (Å²) in [6.45, 7) is -1.17. The van der Waals surface area contributed by atoms with Gasteiger partial charge in [-0.05, 0) is 28.1 Å². The van der Waals surface area contributed by atoms with Crippen LogP contribution in [0.3, 0.4) is 0 Å². The van der Waals surface area contributed by atoms with E-state index in [2.05, 4.69) is 15.9 Å². The maximum absolute atomic E-state index is 13.9. The number of rotatable bonds is 5. The highest BCUT2D eigenvalue weighted by Crippen LogP contribution is 2.29. The van der Waals surface area contributed by atoms with Crippen LogP contribution in [0.25, 0.3) is 0 Å². The van der Waals surface area contributed by atoms with Crippen molar-refractivity contribution in [3.8, 4) is 6.07 Å². The van der Waals surface area contributed by atoms with Crippen molar-refractivity contribution in [2.75, 3.05) is 24.6 Å². The lowest BCUT2D eigenvalue weighted by Crippen LogP contribution is -2.32. The van der Waals surface area contributed by atoms with E-state index in [9.17, 15) is 13.2 Å². The smallest absolute Gasteiger partial charge is 0.255 e. The Morgan fingerprint density at radius 2 is 2.11 bits per heavy atom. The van der Waals surface area contributed by atoms with Gasteiger partial charge in [0.05, 0.1) is 28.9 Å². The molecule has 0 atom stereocenters. The van der Waals surface area contributed by atoms with Gasteiger partial charge in [0.1, 0.15) is 6.07 Å². The summed E-state index contributed by atoms with van der Waals surface area (Å²) < 4.78 is 38.6. The fourth-order valence-electron chi connectivity index (χ4n) is 1.47. The summed E-state index contributed by atoms with van der Waals surface area (Å²) in [4.78, 5) is 1.03. The van der Waals surface area contributed by atoms with Crippen molar-refractivity contribution in [3.63, 3.8) is 0 Å². The lowest BCUT2D eigenvalue weighted by molar-refractivity contribution is 0.152. The molecule has 0 aliphatic rings. The van der Waals surface area contributed by atoms with E-state index in [-0.39, 0.29) is 28.9 Å². The van der Waals surface area contributed by atoms with Gasteiger partial charge in [0.15, 0.2) is 5.82 Å². The van der Waals surface area contributed by atoms with Gasteiger partial charge < -0.3 is 10.0 Å². The van der Waals surface area contributed by atoms with Crippen molar-refractivity contribution in [1.82, 2.24) is 0 Å². The number of nitrogens with zero attached hydrogens (tertiary/aromatic N) is 2. The summed E-state index contributed by atoms with van der Waals surface area (Å²) >= 11 is 2.90. The molecule has 0 fully saturated rings. The second-order valence-corrected chi connectivity index (χ2v) is 4.23. The number of halogens is 4. The first-order valence-corrected chi connectivity index (χ1v) is 5.82. The van der Waals surface area contributed by atoms with Gasteiger partial charge in [0, 0.05) is 6.54 Å². The molecule has 0 radical (unpaired) electrons. The van der Waals surface area contributed by atoms with Crippen molar-refractivity contribution < 1.29 is 18.3 Å². The molecule has 3 nitrogen and oxygen atoms in total. The zero-order valence-corrected chi connectivity index (χ0v) is 10.8. The van der Waals surface area contributed by atoms with E-state index in [1.165, 1.54) is 12.1 Å². The summed E-state index contributed by atoms with van der Waals surface area (Å²) in [5.74, 6) is -0.789. The monoisotopic (exact) mass is 322 g/mol. The second-order valence-electron chi connectivity index (χ2n) is 3.43. The van der Waals surface area contributed by atoms with Crippen LogP contribution in [0.4, 0.5) is 18.9 Å². The average Bonchev–Trinajstić information content (AvgIpc) is 2.31. The van der Waals surface area contributed by atoms with E-state index in [0.29, 0.717) is 0 Å². The van der Waals surface area contributed by atoms with Crippen LogP contribution in [0, 0.1) is 17.1 Å². The Labute approximate surface area is 111 Å². The first kappa shape index (κ1) is 14.8. The molecule has 0 saturated carbocycles. The average molecular weight is 323 g/mol. The van der Waals surface area contributed by atoms with Crippen molar-refractivity contribution in [1.29, 1.82) is 5.26 Å². The van der Waals surface area contributed by atoms with Gasteiger partial charge in [-0.15, -0.1) is 0 Å². The van der Waals surface area contributed by atoms with E-state index in [1.807, 2.05) is 0 Å². The fourth-order valence-corrected chi connectivity index (χ4v) is 1.89. The number of aliphatic hydroxyl groups is 1. The highest BCUT2D eigenvalue weighted by molar-refractivity contribution is 9.10. The predicted octanol–water partition coefficient (Wildman–Crippen LogP) is 2.52. The topological polar surface area (TPSA) is 47.3 Å². The number of nitriles is 1. The van der Waals surface area contributed by atoms with Crippen LogP contribution in [0.2, 0.25) is 0 Å². The molecule has 0 heterocycles. The molecule has 1 rings (SSSR count). The molecule has 0 aromatic heterocycles. The van der Waals surface area contributed by atoms with Crippen LogP contribution in [0.15, 0.2) is 16.6 Å². The molecule has 0 bridgehead atoms. The molecule has 0 unspecified atom stereocenters. The minimum atomic E-state index is -2.65. The van der Waals surface area contributed by atoms with Gasteiger partial charge in [0.2, 0.25) is 0 Å². The molecule has 0 amide bonds. The van der Waals surface area contributed by atoms with Crippen molar-refractivity contribution in [2.45, 2.75) is 6.43 Å². The number of alkyl halides is 2. The van der Waals surface area contributed by atoms with Gasteiger partial charge in [-0.3, -0.25) is 0 Å². The highest BCUT2D eigenvalue weighted by Gasteiger charge is 2.19. The van der Waals surface area contributed by atoms with E-state index >= 15 is 0 Å². The molecule has 0 spiro atoms. The minimum Gasteiger partial charge on any atom is -0.395 e. The van der Waals surface area contributed by atoms with Crippen LogP contribution in [-0.4, -0.2) is 31.2 Å². The van der Waals surface area contributed by atoms with E-state index < -0.39 is 18.8 Å². The lowest BCUT2D eigenvalue weighted by atomic mass is 10.2. The van der Waals surface area contributed by atoms with Crippen molar-refractivity contribution >= 4 is 21.6 Å². The largest absolute Gasteiger partial charge is 0.395 e. The summed E-state index contributed by atoms with van der Waals surface area (Å²) in [7, 11) is 0. The third kappa shape index (κ3) is 3.37. The second kappa shape index (κ2) is 6.61. The quantitative estimate of drug-likeness (QED) is 0.906. The minimum absolute atomic E-state index is 0.0697. The Morgan fingerprint density at radius 3 is 2.61 bits per heavy atom. The Bertz CT molecular complexity index is 462. The van der Waals surface area contributed by atoms with Gasteiger partial charge in [-0.2, -0.15) is 5.26 Å². The van der Waals surface area contributed by atoms with E-state index in [1.54, 1.807) is 6.07 Å². The molecule has 0 aliphatic heterocycles. The van der Waals surface area contributed by atoms with Crippen LogP contribution < -0.4 is 4.90 Å². The maximum Gasteiger partial charge on any atom is 0.255 e. The van der Waals surface area contributed by atoms with Crippen LogP contribution in [0.5, 0.6) is 0 Å². The first-order chi connectivity index (χ1) is 8.51. The molecule has 1 N–H and O–H groups in total. The summed E-state index contributed by atoms with van der Waals surface area (Å²) in [6, 6.07) is 4.35. The normalized spacial score (nSPS) is 10.5. The van der Waals surface area contributed by atoms with E-state index in [4.69, 9.17) is 10.4 Å². The van der Waals surface area contributed by atoms with Gasteiger partial charge in [-0.25, -0.2) is 13.2 Å². The Balaban J connectivity index is 3.13. The van der Waals surface area contributed by atoms with E-state index in [0.717, 1.165) is 4.90 Å².